The molecule has 0 bridgehead atoms. The molecule has 2 heterocycles. The SMILES string of the molecule is Cc1c(N2CC[C@@H]([C@H](C)N)C2)c(F)cc2cc(S(=O)(=O)N(C)C)c(=O)n(C3CC3)c12.Cl. The summed E-state index contributed by atoms with van der Waals surface area (Å²) in [4.78, 5) is 15.0. The van der Waals surface area contributed by atoms with Crippen molar-refractivity contribution < 1.29 is 12.8 Å². The molecule has 0 unspecified atom stereocenters. The number of sulfonamides is 1. The number of anilines is 1. The van der Waals surface area contributed by atoms with Crippen molar-refractivity contribution in [3.8, 4) is 0 Å². The van der Waals surface area contributed by atoms with Crippen LogP contribution in [0.25, 0.3) is 10.9 Å². The fourth-order valence-corrected chi connectivity index (χ4v) is 5.49. The Bertz CT molecular complexity index is 1180. The third kappa shape index (κ3) is 3.97. The Morgan fingerprint density at radius 3 is 2.39 bits per heavy atom. The number of fused-ring (bicyclic) bond motifs is 1. The summed E-state index contributed by atoms with van der Waals surface area (Å²) in [6.45, 7) is 5.16. The number of aryl methyl sites for hydroxylation is 1. The number of nitrogens with zero attached hydrogens (tertiary/aromatic N) is 3. The summed E-state index contributed by atoms with van der Waals surface area (Å²) in [7, 11) is -1.17. The Hall–Kier alpha value is -1.68. The van der Waals surface area contributed by atoms with E-state index in [2.05, 4.69) is 0 Å². The lowest BCUT2D eigenvalue weighted by Crippen LogP contribution is -2.33. The van der Waals surface area contributed by atoms with Crippen LogP contribution in [-0.4, -0.2) is 50.5 Å². The first-order valence-corrected chi connectivity index (χ1v) is 11.8. The summed E-state index contributed by atoms with van der Waals surface area (Å²) < 4.78 is 43.3. The molecule has 1 aliphatic heterocycles. The van der Waals surface area contributed by atoms with Gasteiger partial charge in [0.05, 0.1) is 11.2 Å². The van der Waals surface area contributed by atoms with Crippen LogP contribution in [0.5, 0.6) is 0 Å². The number of hydrogen-bond acceptors (Lipinski definition) is 5. The van der Waals surface area contributed by atoms with Crippen molar-refractivity contribution >= 4 is 39.0 Å². The summed E-state index contributed by atoms with van der Waals surface area (Å²) in [6, 6.07) is 2.66. The number of aromatic nitrogens is 1. The van der Waals surface area contributed by atoms with E-state index in [4.69, 9.17) is 5.73 Å². The summed E-state index contributed by atoms with van der Waals surface area (Å²) in [5, 5.41) is 0.434. The van der Waals surface area contributed by atoms with E-state index >= 15 is 4.39 Å². The minimum atomic E-state index is -3.94. The molecule has 2 fully saturated rings. The Labute approximate surface area is 188 Å². The van der Waals surface area contributed by atoms with Crippen LogP contribution in [0.2, 0.25) is 0 Å². The van der Waals surface area contributed by atoms with Crippen molar-refractivity contribution in [2.24, 2.45) is 11.7 Å². The van der Waals surface area contributed by atoms with Crippen LogP contribution in [0.1, 0.15) is 37.8 Å². The second kappa shape index (κ2) is 8.35. The predicted molar refractivity (Wildman–Crippen MR) is 123 cm³/mol. The maximum atomic E-state index is 15.3. The third-order valence-corrected chi connectivity index (χ3v) is 8.21. The van der Waals surface area contributed by atoms with E-state index in [-0.39, 0.29) is 35.3 Å². The van der Waals surface area contributed by atoms with Crippen LogP contribution in [0.15, 0.2) is 21.8 Å². The van der Waals surface area contributed by atoms with Crippen molar-refractivity contribution in [2.45, 2.75) is 50.1 Å². The van der Waals surface area contributed by atoms with Gasteiger partial charge in [-0.1, -0.05) is 0 Å². The quantitative estimate of drug-likeness (QED) is 0.722. The molecular formula is C21H30ClFN4O3S. The lowest BCUT2D eigenvalue weighted by molar-refractivity contribution is 0.487. The van der Waals surface area contributed by atoms with Crippen LogP contribution < -0.4 is 16.2 Å². The topological polar surface area (TPSA) is 88.6 Å². The van der Waals surface area contributed by atoms with E-state index in [1.807, 2.05) is 18.7 Å². The van der Waals surface area contributed by atoms with E-state index < -0.39 is 21.4 Å². The van der Waals surface area contributed by atoms with Crippen LogP contribution in [0.3, 0.4) is 0 Å². The molecule has 2 aliphatic rings. The molecular weight excluding hydrogens is 443 g/mol. The Morgan fingerprint density at radius 2 is 1.87 bits per heavy atom. The number of halogens is 2. The minimum Gasteiger partial charge on any atom is -0.369 e. The molecule has 172 valence electrons. The van der Waals surface area contributed by atoms with Gasteiger partial charge in [0, 0.05) is 44.7 Å². The summed E-state index contributed by atoms with van der Waals surface area (Å²) in [5.74, 6) is -0.114. The van der Waals surface area contributed by atoms with Crippen molar-refractivity contribution in [1.29, 1.82) is 0 Å². The number of hydrogen-bond donors (Lipinski definition) is 1. The summed E-state index contributed by atoms with van der Waals surface area (Å²) >= 11 is 0. The van der Waals surface area contributed by atoms with Crippen LogP contribution >= 0.6 is 12.4 Å². The van der Waals surface area contributed by atoms with Gasteiger partial charge in [0.15, 0.2) is 0 Å². The molecule has 1 aromatic heterocycles. The Kier molecular flexibility index (Phi) is 6.46. The third-order valence-electron chi connectivity index (χ3n) is 6.40. The first-order chi connectivity index (χ1) is 14.0. The average molecular weight is 473 g/mol. The Balaban J connectivity index is 0.00000272. The fraction of sp³-hybridized carbons (Fsp3) is 0.571. The molecule has 2 atom stereocenters. The van der Waals surface area contributed by atoms with Gasteiger partial charge in [-0.15, -0.1) is 12.4 Å². The lowest BCUT2D eigenvalue weighted by Gasteiger charge is -2.25. The fourth-order valence-electron chi connectivity index (χ4n) is 4.50. The highest BCUT2D eigenvalue weighted by atomic mass is 35.5. The number of benzene rings is 1. The number of pyridine rings is 1. The van der Waals surface area contributed by atoms with Crippen molar-refractivity contribution in [1.82, 2.24) is 8.87 Å². The largest absolute Gasteiger partial charge is 0.369 e. The molecule has 1 aliphatic carbocycles. The summed E-state index contributed by atoms with van der Waals surface area (Å²) in [6.07, 6.45) is 2.51. The molecule has 1 aromatic carbocycles. The molecule has 31 heavy (non-hydrogen) atoms. The maximum absolute atomic E-state index is 15.3. The van der Waals surface area contributed by atoms with Gasteiger partial charge in [0.2, 0.25) is 10.0 Å². The highest BCUT2D eigenvalue weighted by Crippen LogP contribution is 2.40. The van der Waals surface area contributed by atoms with Gasteiger partial charge in [-0.05, 0) is 56.7 Å². The zero-order valence-corrected chi connectivity index (χ0v) is 19.9. The van der Waals surface area contributed by atoms with E-state index in [0.29, 0.717) is 35.2 Å². The molecule has 2 N–H and O–H groups in total. The van der Waals surface area contributed by atoms with Crippen molar-refractivity contribution in [3.05, 3.63) is 33.9 Å². The van der Waals surface area contributed by atoms with E-state index in [1.165, 1.54) is 26.2 Å². The molecule has 7 nitrogen and oxygen atoms in total. The Morgan fingerprint density at radius 1 is 1.23 bits per heavy atom. The molecule has 0 amide bonds. The molecule has 2 aromatic rings. The predicted octanol–water partition coefficient (Wildman–Crippen LogP) is 2.63. The van der Waals surface area contributed by atoms with Gasteiger partial charge >= 0.3 is 0 Å². The smallest absolute Gasteiger partial charge is 0.271 e. The zero-order valence-electron chi connectivity index (χ0n) is 18.3. The standard InChI is InChI=1S/C21H29FN4O3S.ClH/c1-12-19-15(9-17(22)20(12)25-8-7-14(11-25)13(2)23)10-18(30(28,29)24(3)4)21(27)26(19)16-5-6-16;/h9-10,13-14,16H,5-8,11,23H2,1-4H3;1H/t13-,14+;/m0./s1. The van der Waals surface area contributed by atoms with Gasteiger partial charge in [-0.2, -0.15) is 0 Å². The first-order valence-electron chi connectivity index (χ1n) is 10.4. The van der Waals surface area contributed by atoms with Crippen molar-refractivity contribution in [3.63, 3.8) is 0 Å². The first kappa shape index (κ1) is 24.0. The zero-order chi connectivity index (χ0) is 22.0. The van der Waals surface area contributed by atoms with Gasteiger partial charge in [0.1, 0.15) is 10.7 Å². The van der Waals surface area contributed by atoms with Crippen LogP contribution in [0.4, 0.5) is 10.1 Å². The van der Waals surface area contributed by atoms with Gasteiger partial charge < -0.3 is 15.2 Å². The number of rotatable bonds is 5. The molecule has 4 rings (SSSR count). The van der Waals surface area contributed by atoms with E-state index in [0.717, 1.165) is 23.6 Å². The van der Waals surface area contributed by atoms with Crippen molar-refractivity contribution in [2.75, 3.05) is 32.1 Å². The second-order valence-corrected chi connectivity index (χ2v) is 10.9. The van der Waals surface area contributed by atoms with Gasteiger partial charge in [0.25, 0.3) is 5.56 Å². The molecule has 1 saturated heterocycles. The second-order valence-electron chi connectivity index (χ2n) is 8.83. The maximum Gasteiger partial charge on any atom is 0.271 e. The van der Waals surface area contributed by atoms with Crippen LogP contribution in [0, 0.1) is 18.7 Å². The molecule has 1 saturated carbocycles. The minimum absolute atomic E-state index is 0. The van der Waals surface area contributed by atoms with Crippen LogP contribution in [-0.2, 0) is 10.0 Å². The number of nitrogens with two attached hydrogens (primary N) is 1. The van der Waals surface area contributed by atoms with E-state index in [1.54, 1.807) is 4.57 Å². The molecule has 10 heteroatoms. The summed E-state index contributed by atoms with van der Waals surface area (Å²) in [5.41, 5.74) is 7.31. The van der Waals surface area contributed by atoms with Gasteiger partial charge in [-0.25, -0.2) is 17.1 Å². The van der Waals surface area contributed by atoms with E-state index in [9.17, 15) is 13.2 Å². The van der Waals surface area contributed by atoms with Gasteiger partial charge in [-0.3, -0.25) is 4.79 Å². The lowest BCUT2D eigenvalue weighted by atomic mass is 10.0. The monoisotopic (exact) mass is 472 g/mol. The molecule has 0 spiro atoms. The molecule has 0 radical (unpaired) electrons. The average Bonchev–Trinajstić information content (AvgIpc) is 3.37. The normalized spacial score (nSPS) is 20.4. The highest BCUT2D eigenvalue weighted by molar-refractivity contribution is 7.89. The highest BCUT2D eigenvalue weighted by Gasteiger charge is 2.34.